The van der Waals surface area contributed by atoms with Crippen LogP contribution in [0.3, 0.4) is 0 Å². The van der Waals surface area contributed by atoms with Crippen LogP contribution in [-0.2, 0) is 4.79 Å². The number of methoxy groups -OCH3 is 3. The molecule has 1 N–H and O–H groups in total. The number of carbonyl (C=O) groups is 2. The summed E-state index contributed by atoms with van der Waals surface area (Å²) >= 11 is 0. The highest BCUT2D eigenvalue weighted by Gasteiger charge is 2.30. The van der Waals surface area contributed by atoms with Gasteiger partial charge in [-0.3, -0.25) is 9.59 Å². The third-order valence-electron chi connectivity index (χ3n) is 4.75. The van der Waals surface area contributed by atoms with Crippen LogP contribution in [0.2, 0.25) is 0 Å². The van der Waals surface area contributed by atoms with Crippen molar-refractivity contribution in [3.8, 4) is 17.2 Å². The molecule has 0 saturated carbocycles. The predicted molar refractivity (Wildman–Crippen MR) is 105 cm³/mol. The number of amides is 2. The van der Waals surface area contributed by atoms with Gasteiger partial charge < -0.3 is 24.4 Å². The number of carbonyl (C=O) groups excluding carboxylic acids is 2. The minimum Gasteiger partial charge on any atom is -0.497 e. The number of nitrogens with zero attached hydrogens (tertiary/aromatic N) is 1. The minimum atomic E-state index is -0.229. The van der Waals surface area contributed by atoms with Crippen molar-refractivity contribution in [1.82, 2.24) is 5.32 Å². The van der Waals surface area contributed by atoms with Crippen LogP contribution in [0, 0.1) is 5.92 Å². The molecule has 7 heteroatoms. The summed E-state index contributed by atoms with van der Waals surface area (Å²) in [5.41, 5.74) is 1.28. The Kier molecular flexibility index (Phi) is 6.03. The van der Waals surface area contributed by atoms with Gasteiger partial charge in [-0.05, 0) is 36.4 Å². The molecule has 1 aliphatic heterocycles. The van der Waals surface area contributed by atoms with Gasteiger partial charge in [0.15, 0.2) is 0 Å². The average Bonchev–Trinajstić information content (AvgIpc) is 3.12. The number of rotatable bonds is 7. The monoisotopic (exact) mass is 384 g/mol. The Morgan fingerprint density at radius 1 is 1.00 bits per heavy atom. The third kappa shape index (κ3) is 4.36. The highest BCUT2D eigenvalue weighted by molar-refractivity contribution is 5.97. The molecule has 0 bridgehead atoms. The molecular weight excluding hydrogens is 360 g/mol. The maximum absolute atomic E-state index is 12.5. The summed E-state index contributed by atoms with van der Waals surface area (Å²) in [4.78, 5) is 26.6. The lowest BCUT2D eigenvalue weighted by Crippen LogP contribution is -2.31. The second-order valence-electron chi connectivity index (χ2n) is 6.58. The topological polar surface area (TPSA) is 77.1 Å². The Hall–Kier alpha value is -3.22. The molecule has 1 aliphatic rings. The molecule has 0 radical (unpaired) electrons. The number of nitrogens with one attached hydrogen (secondary N) is 1. The van der Waals surface area contributed by atoms with E-state index in [1.165, 1.54) is 14.2 Å². The van der Waals surface area contributed by atoms with Crippen molar-refractivity contribution in [1.29, 1.82) is 0 Å². The van der Waals surface area contributed by atoms with Crippen LogP contribution in [0.1, 0.15) is 16.8 Å². The first-order chi connectivity index (χ1) is 13.5. The minimum absolute atomic E-state index is 0.0473. The maximum Gasteiger partial charge on any atom is 0.251 e. The fraction of sp³-hybridized carbons (Fsp3) is 0.333. The molecule has 1 fully saturated rings. The van der Waals surface area contributed by atoms with Crippen LogP contribution in [-0.4, -0.2) is 46.2 Å². The third-order valence-corrected chi connectivity index (χ3v) is 4.75. The van der Waals surface area contributed by atoms with Gasteiger partial charge in [0.2, 0.25) is 5.91 Å². The van der Waals surface area contributed by atoms with Gasteiger partial charge >= 0.3 is 0 Å². The van der Waals surface area contributed by atoms with Gasteiger partial charge in [0.1, 0.15) is 17.2 Å². The molecule has 7 nitrogen and oxygen atoms in total. The second-order valence-corrected chi connectivity index (χ2v) is 6.58. The summed E-state index contributed by atoms with van der Waals surface area (Å²) in [6, 6.07) is 12.4. The summed E-state index contributed by atoms with van der Waals surface area (Å²) in [7, 11) is 4.68. The lowest BCUT2D eigenvalue weighted by atomic mass is 10.1. The second kappa shape index (κ2) is 8.65. The van der Waals surface area contributed by atoms with Crippen LogP contribution in [0.25, 0.3) is 0 Å². The molecule has 2 amide bonds. The van der Waals surface area contributed by atoms with E-state index in [9.17, 15) is 9.59 Å². The molecule has 2 aromatic carbocycles. The summed E-state index contributed by atoms with van der Waals surface area (Å²) in [5.74, 6) is 1.71. The lowest BCUT2D eigenvalue weighted by molar-refractivity contribution is -0.117. The number of ether oxygens (including phenoxy) is 3. The number of hydrogen-bond acceptors (Lipinski definition) is 5. The summed E-state index contributed by atoms with van der Waals surface area (Å²) in [6.45, 7) is 0.976. The van der Waals surface area contributed by atoms with Gasteiger partial charge in [-0.25, -0.2) is 0 Å². The molecule has 1 heterocycles. The normalized spacial score (nSPS) is 16.0. The van der Waals surface area contributed by atoms with Gasteiger partial charge in [0.05, 0.1) is 21.3 Å². The van der Waals surface area contributed by atoms with Crippen molar-refractivity contribution in [3.05, 3.63) is 48.0 Å². The first-order valence-corrected chi connectivity index (χ1v) is 8.99. The van der Waals surface area contributed by atoms with E-state index in [2.05, 4.69) is 5.32 Å². The van der Waals surface area contributed by atoms with Crippen molar-refractivity contribution in [2.24, 2.45) is 5.92 Å². The molecule has 1 unspecified atom stereocenters. The van der Waals surface area contributed by atoms with E-state index < -0.39 is 0 Å². The molecule has 3 rings (SSSR count). The molecule has 28 heavy (non-hydrogen) atoms. The number of anilines is 1. The zero-order valence-electron chi connectivity index (χ0n) is 16.2. The van der Waals surface area contributed by atoms with E-state index in [1.807, 2.05) is 24.3 Å². The van der Waals surface area contributed by atoms with Crippen LogP contribution in [0.4, 0.5) is 5.69 Å². The van der Waals surface area contributed by atoms with Gasteiger partial charge in [0.25, 0.3) is 5.91 Å². The standard InChI is InChI=1S/C21H24N2O5/c1-26-17-6-4-16(5-7-17)23-13-14(8-20(23)24)12-22-21(25)15-9-18(27-2)11-19(10-15)28-3/h4-7,9-11,14H,8,12-13H2,1-3H3,(H,22,25). The van der Waals surface area contributed by atoms with Gasteiger partial charge in [-0.15, -0.1) is 0 Å². The van der Waals surface area contributed by atoms with Crippen molar-refractivity contribution < 1.29 is 23.8 Å². The number of hydrogen-bond donors (Lipinski definition) is 1. The van der Waals surface area contributed by atoms with Crippen molar-refractivity contribution in [3.63, 3.8) is 0 Å². The quantitative estimate of drug-likeness (QED) is 0.794. The lowest BCUT2D eigenvalue weighted by Gasteiger charge is -2.17. The van der Waals surface area contributed by atoms with Gasteiger partial charge in [0, 0.05) is 42.7 Å². The van der Waals surface area contributed by atoms with E-state index in [-0.39, 0.29) is 17.7 Å². The largest absolute Gasteiger partial charge is 0.497 e. The maximum atomic E-state index is 12.5. The van der Waals surface area contributed by atoms with Gasteiger partial charge in [-0.2, -0.15) is 0 Å². The smallest absolute Gasteiger partial charge is 0.251 e. The van der Waals surface area contributed by atoms with Gasteiger partial charge in [-0.1, -0.05) is 0 Å². The van der Waals surface area contributed by atoms with E-state index in [0.717, 1.165) is 11.4 Å². The Labute approximate surface area is 164 Å². The Bertz CT molecular complexity index is 828. The molecule has 2 aromatic rings. The average molecular weight is 384 g/mol. The van der Waals surface area contributed by atoms with Crippen LogP contribution in [0.15, 0.2) is 42.5 Å². The Morgan fingerprint density at radius 3 is 2.18 bits per heavy atom. The zero-order chi connectivity index (χ0) is 20.1. The van der Waals surface area contributed by atoms with Crippen molar-refractivity contribution in [2.75, 3.05) is 39.3 Å². The predicted octanol–water partition coefficient (Wildman–Crippen LogP) is 2.50. The first kappa shape index (κ1) is 19.5. The van der Waals surface area contributed by atoms with E-state index >= 15 is 0 Å². The van der Waals surface area contributed by atoms with Crippen LogP contribution in [0.5, 0.6) is 17.2 Å². The Morgan fingerprint density at radius 2 is 1.61 bits per heavy atom. The van der Waals surface area contributed by atoms with Crippen molar-refractivity contribution in [2.45, 2.75) is 6.42 Å². The highest BCUT2D eigenvalue weighted by atomic mass is 16.5. The fourth-order valence-electron chi connectivity index (χ4n) is 3.21. The molecule has 1 atom stereocenters. The molecule has 1 saturated heterocycles. The fourth-order valence-corrected chi connectivity index (χ4v) is 3.21. The van der Waals surface area contributed by atoms with Crippen LogP contribution < -0.4 is 24.4 Å². The molecule has 0 spiro atoms. The molecule has 0 aromatic heterocycles. The Balaban J connectivity index is 1.60. The number of benzene rings is 2. The van der Waals surface area contributed by atoms with E-state index in [1.54, 1.807) is 30.2 Å². The van der Waals surface area contributed by atoms with Crippen LogP contribution >= 0.6 is 0 Å². The molecular formula is C21H24N2O5. The zero-order valence-corrected chi connectivity index (χ0v) is 16.2. The summed E-state index contributed by atoms with van der Waals surface area (Å²) in [5, 5.41) is 2.91. The first-order valence-electron chi connectivity index (χ1n) is 8.99. The molecule has 148 valence electrons. The van der Waals surface area contributed by atoms with E-state index in [0.29, 0.717) is 36.6 Å². The van der Waals surface area contributed by atoms with Crippen molar-refractivity contribution >= 4 is 17.5 Å². The SMILES string of the molecule is COc1ccc(N2CC(CNC(=O)c3cc(OC)cc(OC)c3)CC2=O)cc1. The summed E-state index contributed by atoms with van der Waals surface area (Å²) in [6.07, 6.45) is 0.397. The van der Waals surface area contributed by atoms with E-state index in [4.69, 9.17) is 14.2 Å². The highest BCUT2D eigenvalue weighted by Crippen LogP contribution is 2.27. The summed E-state index contributed by atoms with van der Waals surface area (Å²) < 4.78 is 15.5. The molecule has 0 aliphatic carbocycles.